The average Bonchev–Trinajstić information content (AvgIpc) is 2.68. The lowest BCUT2D eigenvalue weighted by Gasteiger charge is -2.06. The van der Waals surface area contributed by atoms with E-state index in [1.807, 2.05) is 14.0 Å². The number of carboxylic acids is 1. The smallest absolute Gasteiger partial charge is 0.354 e. The molecule has 0 radical (unpaired) electrons. The van der Waals surface area contributed by atoms with E-state index >= 15 is 0 Å². The van der Waals surface area contributed by atoms with Crippen LogP contribution in [0.1, 0.15) is 21.7 Å². The highest BCUT2D eigenvalue weighted by Crippen LogP contribution is 2.12. The number of hydrogen-bond acceptors (Lipinski definition) is 4. The summed E-state index contributed by atoms with van der Waals surface area (Å²) in [5, 5.41) is 16.1. The van der Waals surface area contributed by atoms with Gasteiger partial charge in [0.2, 0.25) is 0 Å². The zero-order chi connectivity index (χ0) is 13.1. The predicted octanol–water partition coefficient (Wildman–Crippen LogP) is 1.43. The van der Waals surface area contributed by atoms with Gasteiger partial charge in [-0.3, -0.25) is 4.68 Å². The van der Waals surface area contributed by atoms with E-state index in [4.69, 9.17) is 5.11 Å². The molecule has 2 aromatic rings. The molecule has 0 saturated heterocycles. The lowest BCUT2D eigenvalue weighted by atomic mass is 10.2. The maximum absolute atomic E-state index is 10.8. The number of pyridine rings is 1. The summed E-state index contributed by atoms with van der Waals surface area (Å²) >= 11 is 0. The fraction of sp³-hybridized carbons (Fsp3) is 0.250. The molecular weight excluding hydrogens is 232 g/mol. The van der Waals surface area contributed by atoms with E-state index in [0.29, 0.717) is 6.54 Å². The molecule has 6 heteroatoms. The molecule has 0 aliphatic carbocycles. The average molecular weight is 246 g/mol. The lowest BCUT2D eigenvalue weighted by molar-refractivity contribution is 0.0690. The Balaban J connectivity index is 2.08. The second-order valence-corrected chi connectivity index (χ2v) is 3.97. The van der Waals surface area contributed by atoms with Crippen molar-refractivity contribution in [2.45, 2.75) is 13.5 Å². The van der Waals surface area contributed by atoms with Crippen molar-refractivity contribution in [1.29, 1.82) is 0 Å². The number of aromatic carboxylic acids is 1. The molecule has 6 nitrogen and oxygen atoms in total. The van der Waals surface area contributed by atoms with Crippen molar-refractivity contribution in [2.75, 3.05) is 5.32 Å². The maximum Gasteiger partial charge on any atom is 0.354 e. The van der Waals surface area contributed by atoms with Gasteiger partial charge in [-0.15, -0.1) is 0 Å². The number of hydrogen-bond donors (Lipinski definition) is 2. The van der Waals surface area contributed by atoms with Crippen LogP contribution in [0.4, 0.5) is 5.69 Å². The van der Waals surface area contributed by atoms with Crippen LogP contribution >= 0.6 is 0 Å². The standard InChI is InChI=1S/C12H14N4O2/c1-8-9(7-15-16(8)2)6-14-10-3-4-13-11(5-10)12(17)18/h3-5,7H,6H2,1-2H3,(H,13,14)(H,17,18). The Labute approximate surface area is 104 Å². The third kappa shape index (κ3) is 2.48. The Morgan fingerprint density at radius 1 is 1.56 bits per heavy atom. The van der Waals surface area contributed by atoms with Gasteiger partial charge < -0.3 is 10.4 Å². The Kier molecular flexibility index (Phi) is 3.27. The van der Waals surface area contributed by atoms with Crippen molar-refractivity contribution in [2.24, 2.45) is 7.05 Å². The van der Waals surface area contributed by atoms with Crippen molar-refractivity contribution in [1.82, 2.24) is 14.8 Å². The number of rotatable bonds is 4. The molecule has 0 amide bonds. The predicted molar refractivity (Wildman–Crippen MR) is 66.5 cm³/mol. The Hall–Kier alpha value is -2.37. The second kappa shape index (κ2) is 4.87. The first-order valence-electron chi connectivity index (χ1n) is 5.48. The summed E-state index contributed by atoms with van der Waals surface area (Å²) in [7, 11) is 1.88. The Morgan fingerprint density at radius 2 is 2.33 bits per heavy atom. The van der Waals surface area contributed by atoms with Gasteiger partial charge in [-0.2, -0.15) is 5.10 Å². The van der Waals surface area contributed by atoms with Crippen molar-refractivity contribution < 1.29 is 9.90 Å². The minimum Gasteiger partial charge on any atom is -0.477 e. The maximum atomic E-state index is 10.8. The van der Waals surface area contributed by atoms with Crippen molar-refractivity contribution >= 4 is 11.7 Å². The van der Waals surface area contributed by atoms with Gasteiger partial charge in [0.15, 0.2) is 0 Å². The number of nitrogens with zero attached hydrogens (tertiary/aromatic N) is 3. The van der Waals surface area contributed by atoms with E-state index in [9.17, 15) is 4.79 Å². The summed E-state index contributed by atoms with van der Waals surface area (Å²) in [5.74, 6) is -1.03. The topological polar surface area (TPSA) is 80.0 Å². The Morgan fingerprint density at radius 3 is 2.94 bits per heavy atom. The molecule has 0 aliphatic rings. The summed E-state index contributed by atoms with van der Waals surface area (Å²) in [6, 6.07) is 3.24. The van der Waals surface area contributed by atoms with Gasteiger partial charge in [-0.1, -0.05) is 0 Å². The quantitative estimate of drug-likeness (QED) is 0.853. The third-order valence-corrected chi connectivity index (χ3v) is 2.80. The molecule has 0 aliphatic heterocycles. The molecule has 2 aromatic heterocycles. The summed E-state index contributed by atoms with van der Waals surface area (Å²) in [6.07, 6.45) is 3.27. The molecule has 2 rings (SSSR count). The molecule has 2 heterocycles. The molecule has 94 valence electrons. The SMILES string of the molecule is Cc1c(CNc2ccnc(C(=O)O)c2)cnn1C. The fourth-order valence-corrected chi connectivity index (χ4v) is 1.57. The summed E-state index contributed by atoms with van der Waals surface area (Å²) in [5.41, 5.74) is 2.91. The van der Waals surface area contributed by atoms with Gasteiger partial charge in [0, 0.05) is 36.7 Å². The third-order valence-electron chi connectivity index (χ3n) is 2.80. The highest BCUT2D eigenvalue weighted by molar-refractivity contribution is 5.86. The number of aryl methyl sites for hydroxylation is 1. The first kappa shape index (κ1) is 12.1. The molecule has 0 saturated carbocycles. The number of anilines is 1. The van der Waals surface area contributed by atoms with E-state index < -0.39 is 5.97 Å². The molecule has 18 heavy (non-hydrogen) atoms. The van der Waals surface area contributed by atoms with E-state index in [1.165, 1.54) is 12.3 Å². The van der Waals surface area contributed by atoms with Crippen molar-refractivity contribution in [3.05, 3.63) is 41.5 Å². The molecule has 0 bridgehead atoms. The summed E-state index contributed by atoms with van der Waals surface area (Å²) in [6.45, 7) is 2.59. The fourth-order valence-electron chi connectivity index (χ4n) is 1.57. The van der Waals surface area contributed by atoms with Crippen molar-refractivity contribution in [3.8, 4) is 0 Å². The van der Waals surface area contributed by atoms with E-state index in [2.05, 4.69) is 15.4 Å². The van der Waals surface area contributed by atoms with Crippen LogP contribution in [0, 0.1) is 6.92 Å². The zero-order valence-electron chi connectivity index (χ0n) is 10.2. The molecule has 0 aromatic carbocycles. The first-order chi connectivity index (χ1) is 8.58. The van der Waals surface area contributed by atoms with Gasteiger partial charge in [0.1, 0.15) is 5.69 Å². The summed E-state index contributed by atoms with van der Waals surface area (Å²) in [4.78, 5) is 14.5. The van der Waals surface area contributed by atoms with Gasteiger partial charge in [-0.25, -0.2) is 9.78 Å². The van der Waals surface area contributed by atoms with Crippen LogP contribution in [0.2, 0.25) is 0 Å². The monoisotopic (exact) mass is 246 g/mol. The second-order valence-electron chi connectivity index (χ2n) is 3.97. The number of carboxylic acid groups (broad SMARTS) is 1. The normalized spacial score (nSPS) is 10.3. The van der Waals surface area contributed by atoms with Gasteiger partial charge in [0.25, 0.3) is 0 Å². The highest BCUT2D eigenvalue weighted by atomic mass is 16.4. The molecule has 0 unspecified atom stereocenters. The van der Waals surface area contributed by atoms with Crippen LogP contribution < -0.4 is 5.32 Å². The lowest BCUT2D eigenvalue weighted by Crippen LogP contribution is -2.04. The highest BCUT2D eigenvalue weighted by Gasteiger charge is 2.06. The van der Waals surface area contributed by atoms with Crippen molar-refractivity contribution in [3.63, 3.8) is 0 Å². The first-order valence-corrected chi connectivity index (χ1v) is 5.48. The van der Waals surface area contributed by atoms with Crippen LogP contribution in [0.25, 0.3) is 0 Å². The van der Waals surface area contributed by atoms with Gasteiger partial charge in [0.05, 0.1) is 6.20 Å². The van der Waals surface area contributed by atoms with Crippen LogP contribution in [0.3, 0.4) is 0 Å². The molecule has 0 spiro atoms. The van der Waals surface area contributed by atoms with Gasteiger partial charge in [-0.05, 0) is 19.1 Å². The Bertz CT molecular complexity index is 577. The molecule has 0 fully saturated rings. The molecular formula is C12H14N4O2. The van der Waals surface area contributed by atoms with E-state index in [0.717, 1.165) is 16.9 Å². The zero-order valence-corrected chi connectivity index (χ0v) is 10.2. The minimum absolute atomic E-state index is 0.0305. The minimum atomic E-state index is -1.03. The van der Waals surface area contributed by atoms with Gasteiger partial charge >= 0.3 is 5.97 Å². The van der Waals surface area contributed by atoms with E-state index in [-0.39, 0.29) is 5.69 Å². The molecule has 2 N–H and O–H groups in total. The van der Waals surface area contributed by atoms with E-state index in [1.54, 1.807) is 16.9 Å². The number of nitrogens with one attached hydrogen (secondary N) is 1. The van der Waals surface area contributed by atoms with Crippen LogP contribution in [-0.2, 0) is 13.6 Å². The largest absolute Gasteiger partial charge is 0.477 e. The number of carbonyl (C=O) groups is 1. The molecule has 0 atom stereocenters. The number of aromatic nitrogens is 3. The van der Waals surface area contributed by atoms with Crippen LogP contribution in [0.15, 0.2) is 24.5 Å². The summed E-state index contributed by atoms with van der Waals surface area (Å²) < 4.78 is 1.80. The van der Waals surface area contributed by atoms with Crippen LogP contribution in [0.5, 0.6) is 0 Å². The van der Waals surface area contributed by atoms with Crippen LogP contribution in [-0.4, -0.2) is 25.8 Å².